The second-order valence-corrected chi connectivity index (χ2v) is 4.70. The number of esters is 1. The van der Waals surface area contributed by atoms with Gasteiger partial charge in [-0.3, -0.25) is 0 Å². The third-order valence-corrected chi connectivity index (χ3v) is 3.36. The number of fused-ring (bicyclic) bond motifs is 1. The minimum Gasteiger partial charge on any atom is -0.457 e. The lowest BCUT2D eigenvalue weighted by atomic mass is 10.2. The van der Waals surface area contributed by atoms with Crippen molar-refractivity contribution >= 4 is 21.9 Å². The summed E-state index contributed by atoms with van der Waals surface area (Å²) in [4.78, 5) is 11.6. The number of hydrogen-bond acceptors (Lipinski definition) is 5. The molecule has 0 aliphatic carbocycles. The van der Waals surface area contributed by atoms with Crippen molar-refractivity contribution in [1.29, 1.82) is 0 Å². The molecule has 0 spiro atoms. The normalized spacial score (nSPS) is 12.5. The van der Waals surface area contributed by atoms with Crippen molar-refractivity contribution in [3.63, 3.8) is 0 Å². The second-order valence-electron chi connectivity index (χ2n) is 3.85. The van der Waals surface area contributed by atoms with Crippen molar-refractivity contribution in [2.24, 2.45) is 0 Å². The number of furan rings is 1. The van der Waals surface area contributed by atoms with Gasteiger partial charge in [0.2, 0.25) is 12.6 Å². The molecule has 5 nitrogen and oxygen atoms in total. The fourth-order valence-corrected chi connectivity index (χ4v) is 2.12. The van der Waals surface area contributed by atoms with Crippen LogP contribution >= 0.6 is 15.9 Å². The topological polar surface area (TPSA) is 57.9 Å². The summed E-state index contributed by atoms with van der Waals surface area (Å²) >= 11 is 3.40. The van der Waals surface area contributed by atoms with E-state index in [0.29, 0.717) is 11.5 Å². The summed E-state index contributed by atoms with van der Waals surface area (Å²) in [6, 6.07) is 6.75. The standard InChI is InChI=1S/C13H9BrO5/c14-9-5-12-11(18-7-19-12)4-8(9)6-17-13(15)10-2-1-3-16-10/h1-5H,6-7H2. The first-order valence-electron chi connectivity index (χ1n) is 5.52. The summed E-state index contributed by atoms with van der Waals surface area (Å²) in [5.41, 5.74) is 0.796. The predicted octanol–water partition coefficient (Wildman–Crippen LogP) is 3.13. The Morgan fingerprint density at radius 3 is 2.84 bits per heavy atom. The molecule has 0 amide bonds. The molecule has 0 unspecified atom stereocenters. The number of rotatable bonds is 3. The van der Waals surface area contributed by atoms with Gasteiger partial charge in [-0.2, -0.15) is 0 Å². The fourth-order valence-electron chi connectivity index (χ4n) is 1.68. The molecule has 19 heavy (non-hydrogen) atoms. The van der Waals surface area contributed by atoms with Gasteiger partial charge in [-0.1, -0.05) is 15.9 Å². The number of carbonyl (C=O) groups excluding carboxylic acids is 1. The molecule has 1 aliphatic rings. The molecule has 0 N–H and O–H groups in total. The third-order valence-electron chi connectivity index (χ3n) is 2.62. The van der Waals surface area contributed by atoms with Crippen LogP contribution in [0.15, 0.2) is 39.4 Å². The van der Waals surface area contributed by atoms with Gasteiger partial charge in [0.25, 0.3) is 0 Å². The summed E-state index contributed by atoms with van der Waals surface area (Å²) in [7, 11) is 0. The first kappa shape index (κ1) is 12.1. The van der Waals surface area contributed by atoms with Gasteiger partial charge in [-0.25, -0.2) is 4.79 Å². The first-order chi connectivity index (χ1) is 9.24. The van der Waals surface area contributed by atoms with E-state index in [-0.39, 0.29) is 19.2 Å². The molecule has 1 aliphatic heterocycles. The molecule has 3 rings (SSSR count). The Balaban J connectivity index is 1.72. The van der Waals surface area contributed by atoms with Crippen LogP contribution in [0.4, 0.5) is 0 Å². The van der Waals surface area contributed by atoms with E-state index in [2.05, 4.69) is 15.9 Å². The van der Waals surface area contributed by atoms with Gasteiger partial charge in [-0.05, 0) is 24.3 Å². The fraction of sp³-hybridized carbons (Fsp3) is 0.154. The van der Waals surface area contributed by atoms with Crippen molar-refractivity contribution in [1.82, 2.24) is 0 Å². The van der Waals surface area contributed by atoms with Crippen LogP contribution in [0.3, 0.4) is 0 Å². The second kappa shape index (κ2) is 4.97. The molecule has 0 radical (unpaired) electrons. The largest absolute Gasteiger partial charge is 0.457 e. The lowest BCUT2D eigenvalue weighted by molar-refractivity contribution is 0.0435. The summed E-state index contributed by atoms with van der Waals surface area (Å²) in [5.74, 6) is 0.992. The van der Waals surface area contributed by atoms with Gasteiger partial charge < -0.3 is 18.6 Å². The number of benzene rings is 1. The van der Waals surface area contributed by atoms with Crippen LogP contribution in [0.25, 0.3) is 0 Å². The SMILES string of the molecule is O=C(OCc1cc2c(cc1Br)OCO2)c1ccco1. The van der Waals surface area contributed by atoms with Crippen molar-refractivity contribution < 1.29 is 23.4 Å². The van der Waals surface area contributed by atoms with Crippen LogP contribution in [0.2, 0.25) is 0 Å². The zero-order valence-corrected chi connectivity index (χ0v) is 11.3. The maximum atomic E-state index is 11.6. The van der Waals surface area contributed by atoms with E-state index in [1.807, 2.05) is 0 Å². The Hall–Kier alpha value is -1.95. The van der Waals surface area contributed by atoms with Gasteiger partial charge in [0.15, 0.2) is 11.5 Å². The number of ether oxygens (including phenoxy) is 3. The molecular weight excluding hydrogens is 316 g/mol. The molecule has 0 atom stereocenters. The van der Waals surface area contributed by atoms with Crippen LogP contribution in [-0.4, -0.2) is 12.8 Å². The Labute approximate surface area is 117 Å². The summed E-state index contributed by atoms with van der Waals surface area (Å²) < 4.78 is 21.4. The van der Waals surface area contributed by atoms with Crippen molar-refractivity contribution in [3.05, 3.63) is 46.3 Å². The van der Waals surface area contributed by atoms with E-state index >= 15 is 0 Å². The molecule has 2 aromatic rings. The smallest absolute Gasteiger partial charge is 0.374 e. The highest BCUT2D eigenvalue weighted by Gasteiger charge is 2.17. The monoisotopic (exact) mass is 324 g/mol. The Morgan fingerprint density at radius 1 is 1.32 bits per heavy atom. The summed E-state index contributed by atoms with van der Waals surface area (Å²) in [5, 5.41) is 0. The molecule has 2 heterocycles. The van der Waals surface area contributed by atoms with Gasteiger partial charge in [0, 0.05) is 10.0 Å². The van der Waals surface area contributed by atoms with E-state index < -0.39 is 5.97 Å². The van der Waals surface area contributed by atoms with Gasteiger partial charge in [0.1, 0.15) is 6.61 Å². The maximum absolute atomic E-state index is 11.6. The Kier molecular flexibility index (Phi) is 3.16. The van der Waals surface area contributed by atoms with Crippen LogP contribution in [0.5, 0.6) is 11.5 Å². The molecular formula is C13H9BrO5. The number of hydrogen-bond donors (Lipinski definition) is 0. The molecule has 1 aromatic carbocycles. The average Bonchev–Trinajstić information content (AvgIpc) is 3.06. The van der Waals surface area contributed by atoms with Crippen molar-refractivity contribution in [2.75, 3.05) is 6.79 Å². The average molecular weight is 325 g/mol. The van der Waals surface area contributed by atoms with Crippen LogP contribution in [0, 0.1) is 0 Å². The summed E-state index contributed by atoms with van der Waals surface area (Å²) in [6.45, 7) is 0.328. The molecule has 0 fully saturated rings. The van der Waals surface area contributed by atoms with Gasteiger partial charge >= 0.3 is 5.97 Å². The quantitative estimate of drug-likeness (QED) is 0.812. The highest BCUT2D eigenvalue weighted by Crippen LogP contribution is 2.37. The highest BCUT2D eigenvalue weighted by molar-refractivity contribution is 9.10. The van der Waals surface area contributed by atoms with E-state index in [4.69, 9.17) is 18.6 Å². The zero-order valence-electron chi connectivity index (χ0n) is 9.72. The highest BCUT2D eigenvalue weighted by atomic mass is 79.9. The minimum atomic E-state index is -0.505. The number of carbonyl (C=O) groups is 1. The molecule has 6 heteroatoms. The Morgan fingerprint density at radius 2 is 2.11 bits per heavy atom. The van der Waals surface area contributed by atoms with Gasteiger partial charge in [0.05, 0.1) is 6.26 Å². The zero-order chi connectivity index (χ0) is 13.2. The Bertz CT molecular complexity index is 606. The van der Waals surface area contributed by atoms with E-state index in [1.54, 1.807) is 24.3 Å². The predicted molar refractivity (Wildman–Crippen MR) is 68.1 cm³/mol. The molecule has 98 valence electrons. The van der Waals surface area contributed by atoms with Crippen LogP contribution in [-0.2, 0) is 11.3 Å². The van der Waals surface area contributed by atoms with Crippen LogP contribution < -0.4 is 9.47 Å². The van der Waals surface area contributed by atoms with Crippen molar-refractivity contribution in [3.8, 4) is 11.5 Å². The molecule has 1 aromatic heterocycles. The maximum Gasteiger partial charge on any atom is 0.374 e. The van der Waals surface area contributed by atoms with E-state index in [1.165, 1.54) is 6.26 Å². The summed E-state index contributed by atoms with van der Waals surface area (Å²) in [6.07, 6.45) is 1.42. The molecule has 0 saturated carbocycles. The molecule has 0 saturated heterocycles. The molecule has 0 bridgehead atoms. The minimum absolute atomic E-state index is 0.122. The lowest BCUT2D eigenvalue weighted by Crippen LogP contribution is -2.04. The third kappa shape index (κ3) is 2.44. The van der Waals surface area contributed by atoms with Crippen molar-refractivity contribution in [2.45, 2.75) is 6.61 Å². The van der Waals surface area contributed by atoms with Crippen LogP contribution in [0.1, 0.15) is 16.1 Å². The van der Waals surface area contributed by atoms with Gasteiger partial charge in [-0.15, -0.1) is 0 Å². The van der Waals surface area contributed by atoms with E-state index in [9.17, 15) is 4.79 Å². The first-order valence-corrected chi connectivity index (χ1v) is 6.32. The number of halogens is 1. The lowest BCUT2D eigenvalue weighted by Gasteiger charge is -2.07. The van der Waals surface area contributed by atoms with E-state index in [0.717, 1.165) is 10.0 Å².